The van der Waals surface area contributed by atoms with Crippen LogP contribution >= 0.6 is 12.2 Å². The van der Waals surface area contributed by atoms with Gasteiger partial charge in [-0.3, -0.25) is 4.79 Å². The van der Waals surface area contributed by atoms with Gasteiger partial charge in [-0.05, 0) is 18.1 Å². The van der Waals surface area contributed by atoms with Crippen molar-refractivity contribution in [3.05, 3.63) is 34.2 Å². The predicted molar refractivity (Wildman–Crippen MR) is 62.8 cm³/mol. The average molecular weight is 226 g/mol. The van der Waals surface area contributed by atoms with E-state index in [1.54, 1.807) is 18.3 Å². The van der Waals surface area contributed by atoms with Crippen molar-refractivity contribution < 1.29 is 5.11 Å². The molecule has 4 nitrogen and oxygen atoms in total. The van der Waals surface area contributed by atoms with E-state index in [0.29, 0.717) is 12.1 Å². The van der Waals surface area contributed by atoms with Gasteiger partial charge in [-0.15, -0.1) is 0 Å². The van der Waals surface area contributed by atoms with Crippen LogP contribution in [-0.2, 0) is 6.54 Å². The summed E-state index contributed by atoms with van der Waals surface area (Å²) in [5, 5.41) is 8.90. The Hall–Kier alpha value is -1.20. The number of nitrogens with zero attached hydrogens (tertiary/aromatic N) is 1. The van der Waals surface area contributed by atoms with Crippen LogP contribution in [0.1, 0.15) is 12.5 Å². The standard InChI is InChI=1S/C10H14N2O2S/c1-7(6-13)5-12-4-2-3-8(9(11)15)10(12)14/h2-4,7,13H,5-6H2,1H3,(H2,11,15). The third-order valence-electron chi connectivity index (χ3n) is 2.11. The van der Waals surface area contributed by atoms with Gasteiger partial charge in [-0.2, -0.15) is 0 Å². The monoisotopic (exact) mass is 226 g/mol. The fourth-order valence-electron chi connectivity index (χ4n) is 1.26. The van der Waals surface area contributed by atoms with E-state index in [2.05, 4.69) is 0 Å². The first-order valence-electron chi connectivity index (χ1n) is 4.66. The second-order valence-electron chi connectivity index (χ2n) is 3.53. The molecule has 82 valence electrons. The van der Waals surface area contributed by atoms with Gasteiger partial charge in [0, 0.05) is 19.3 Å². The van der Waals surface area contributed by atoms with Gasteiger partial charge >= 0.3 is 0 Å². The molecule has 1 unspecified atom stereocenters. The number of pyridine rings is 1. The molecule has 1 heterocycles. The minimum absolute atomic E-state index is 0.0318. The topological polar surface area (TPSA) is 68.2 Å². The Bertz CT molecular complexity index is 414. The number of rotatable bonds is 4. The third kappa shape index (κ3) is 2.87. The van der Waals surface area contributed by atoms with Crippen LogP contribution < -0.4 is 11.3 Å². The normalized spacial score (nSPS) is 12.4. The van der Waals surface area contributed by atoms with Gasteiger partial charge in [0.25, 0.3) is 5.56 Å². The SMILES string of the molecule is CC(CO)Cn1cccc(C(N)=S)c1=O. The molecule has 1 aromatic rings. The highest BCUT2D eigenvalue weighted by atomic mass is 32.1. The quantitative estimate of drug-likeness (QED) is 0.715. The van der Waals surface area contributed by atoms with Crippen molar-refractivity contribution in [2.75, 3.05) is 6.61 Å². The summed E-state index contributed by atoms with van der Waals surface area (Å²) in [5.74, 6) is 0.0318. The summed E-state index contributed by atoms with van der Waals surface area (Å²) in [4.78, 5) is 11.9. The molecule has 1 rings (SSSR count). The summed E-state index contributed by atoms with van der Waals surface area (Å²) in [6.07, 6.45) is 1.66. The summed E-state index contributed by atoms with van der Waals surface area (Å²) in [6.45, 7) is 2.37. The van der Waals surface area contributed by atoms with Crippen molar-refractivity contribution in [3.8, 4) is 0 Å². The van der Waals surface area contributed by atoms with Crippen LogP contribution in [0.4, 0.5) is 0 Å². The minimum atomic E-state index is -0.203. The zero-order valence-electron chi connectivity index (χ0n) is 8.51. The van der Waals surface area contributed by atoms with Crippen LogP contribution in [0.15, 0.2) is 23.1 Å². The highest BCUT2D eigenvalue weighted by Crippen LogP contribution is 1.98. The number of aliphatic hydroxyl groups is 1. The van der Waals surface area contributed by atoms with Crippen LogP contribution in [0, 0.1) is 5.92 Å². The lowest BCUT2D eigenvalue weighted by Gasteiger charge is -2.11. The first-order chi connectivity index (χ1) is 7.06. The molecule has 5 heteroatoms. The van der Waals surface area contributed by atoms with E-state index < -0.39 is 0 Å². The van der Waals surface area contributed by atoms with E-state index in [1.807, 2.05) is 6.92 Å². The zero-order valence-corrected chi connectivity index (χ0v) is 9.33. The molecule has 1 atom stereocenters. The Labute approximate surface area is 93.3 Å². The largest absolute Gasteiger partial charge is 0.396 e. The van der Waals surface area contributed by atoms with E-state index in [4.69, 9.17) is 23.1 Å². The number of aliphatic hydroxyl groups excluding tert-OH is 1. The smallest absolute Gasteiger partial charge is 0.260 e. The summed E-state index contributed by atoms with van der Waals surface area (Å²) in [5.41, 5.74) is 5.56. The molecular weight excluding hydrogens is 212 g/mol. The number of hydrogen-bond donors (Lipinski definition) is 2. The zero-order chi connectivity index (χ0) is 11.4. The molecule has 3 N–H and O–H groups in total. The Morgan fingerprint density at radius 2 is 2.40 bits per heavy atom. The molecule has 0 aromatic carbocycles. The minimum Gasteiger partial charge on any atom is -0.396 e. The molecular formula is C10H14N2O2S. The maximum Gasteiger partial charge on any atom is 0.260 e. The van der Waals surface area contributed by atoms with Crippen LogP contribution in [-0.4, -0.2) is 21.3 Å². The van der Waals surface area contributed by atoms with E-state index in [0.717, 1.165) is 0 Å². The van der Waals surface area contributed by atoms with Crippen LogP contribution in [0.3, 0.4) is 0 Å². The molecule has 0 amide bonds. The maximum absolute atomic E-state index is 11.8. The molecule has 1 aromatic heterocycles. The van der Waals surface area contributed by atoms with Crippen molar-refractivity contribution in [1.82, 2.24) is 4.57 Å². The molecule has 0 saturated carbocycles. The molecule has 0 radical (unpaired) electrons. The van der Waals surface area contributed by atoms with E-state index in [1.165, 1.54) is 4.57 Å². The Balaban J connectivity index is 3.05. The van der Waals surface area contributed by atoms with Gasteiger partial charge in [0.15, 0.2) is 0 Å². The first-order valence-corrected chi connectivity index (χ1v) is 5.07. The molecule has 0 bridgehead atoms. The molecule has 0 spiro atoms. The van der Waals surface area contributed by atoms with Gasteiger partial charge in [0.1, 0.15) is 4.99 Å². The fraction of sp³-hybridized carbons (Fsp3) is 0.400. The predicted octanol–water partition coefficient (Wildman–Crippen LogP) is 0.111. The molecule has 0 fully saturated rings. The van der Waals surface area contributed by atoms with E-state index in [9.17, 15) is 4.79 Å². The summed E-state index contributed by atoms with van der Waals surface area (Å²) < 4.78 is 1.51. The van der Waals surface area contributed by atoms with Gasteiger partial charge in [-0.25, -0.2) is 0 Å². The first kappa shape index (κ1) is 11.9. The fourth-order valence-corrected chi connectivity index (χ4v) is 1.42. The van der Waals surface area contributed by atoms with Crippen LogP contribution in [0.2, 0.25) is 0 Å². The highest BCUT2D eigenvalue weighted by molar-refractivity contribution is 7.80. The Morgan fingerprint density at radius 1 is 1.73 bits per heavy atom. The maximum atomic E-state index is 11.8. The molecule has 0 aliphatic rings. The second kappa shape index (κ2) is 5.04. The summed E-state index contributed by atoms with van der Waals surface area (Å²) in [6, 6.07) is 3.32. The van der Waals surface area contributed by atoms with Crippen LogP contribution in [0.25, 0.3) is 0 Å². The number of hydrogen-bond acceptors (Lipinski definition) is 3. The van der Waals surface area contributed by atoms with E-state index >= 15 is 0 Å². The molecule has 0 aliphatic carbocycles. The average Bonchev–Trinajstić information content (AvgIpc) is 2.20. The lowest BCUT2D eigenvalue weighted by molar-refractivity contribution is 0.222. The van der Waals surface area contributed by atoms with Crippen LogP contribution in [0.5, 0.6) is 0 Å². The number of aromatic nitrogens is 1. The highest BCUT2D eigenvalue weighted by Gasteiger charge is 2.07. The lowest BCUT2D eigenvalue weighted by atomic mass is 10.2. The van der Waals surface area contributed by atoms with Crippen molar-refractivity contribution in [2.45, 2.75) is 13.5 Å². The number of nitrogens with two attached hydrogens (primary N) is 1. The number of thiocarbonyl (C=S) groups is 1. The van der Waals surface area contributed by atoms with E-state index in [-0.39, 0.29) is 23.1 Å². The second-order valence-corrected chi connectivity index (χ2v) is 3.97. The van der Waals surface area contributed by atoms with Crippen molar-refractivity contribution >= 4 is 17.2 Å². The van der Waals surface area contributed by atoms with Crippen molar-refractivity contribution in [2.24, 2.45) is 11.7 Å². The van der Waals surface area contributed by atoms with Crippen molar-refractivity contribution in [3.63, 3.8) is 0 Å². The summed E-state index contributed by atoms with van der Waals surface area (Å²) in [7, 11) is 0. The third-order valence-corrected chi connectivity index (χ3v) is 2.33. The lowest BCUT2D eigenvalue weighted by Crippen LogP contribution is -2.30. The molecule has 0 aliphatic heterocycles. The Kier molecular flexibility index (Phi) is 3.99. The Morgan fingerprint density at radius 3 is 2.93 bits per heavy atom. The van der Waals surface area contributed by atoms with Gasteiger partial charge < -0.3 is 15.4 Å². The summed E-state index contributed by atoms with van der Waals surface area (Å²) >= 11 is 4.77. The molecule has 0 saturated heterocycles. The van der Waals surface area contributed by atoms with Crippen molar-refractivity contribution in [1.29, 1.82) is 0 Å². The molecule has 15 heavy (non-hydrogen) atoms. The van der Waals surface area contributed by atoms with Gasteiger partial charge in [0.05, 0.1) is 5.56 Å². The van der Waals surface area contributed by atoms with Gasteiger partial charge in [-0.1, -0.05) is 19.1 Å². The van der Waals surface area contributed by atoms with Gasteiger partial charge in [0.2, 0.25) is 0 Å².